The van der Waals surface area contributed by atoms with Gasteiger partial charge in [-0.2, -0.15) is 0 Å². The van der Waals surface area contributed by atoms with Gasteiger partial charge in [0.1, 0.15) is 18.3 Å². The van der Waals surface area contributed by atoms with Gasteiger partial charge in [-0.3, -0.25) is 0 Å². The molecular formula is C6H11B3O4. The molecule has 1 aliphatic rings. The zero-order valence-corrected chi connectivity index (χ0v) is 7.46. The minimum absolute atomic E-state index is 0.191. The van der Waals surface area contributed by atoms with Gasteiger partial charge in [0.2, 0.25) is 7.37 Å². The van der Waals surface area contributed by atoms with Crippen molar-refractivity contribution < 1.29 is 19.6 Å². The second kappa shape index (κ2) is 5.05. The van der Waals surface area contributed by atoms with E-state index in [4.69, 9.17) is 17.1 Å². The van der Waals surface area contributed by atoms with Crippen LogP contribution in [0.1, 0.15) is 6.92 Å². The molecule has 13 heavy (non-hydrogen) atoms. The molecule has 0 saturated carbocycles. The number of rotatable bonds is 4. The van der Waals surface area contributed by atoms with Gasteiger partial charge in [0, 0.05) is 7.74 Å². The molecule has 0 aromatic heterocycles. The third-order valence-corrected chi connectivity index (χ3v) is 2.04. The molecule has 0 aromatic rings. The van der Waals surface area contributed by atoms with E-state index in [0.29, 0.717) is 0 Å². The average Bonchev–Trinajstić information content (AvgIpc) is 2.34. The fraction of sp³-hybridized carbons (Fsp3) is 1.00. The van der Waals surface area contributed by atoms with E-state index >= 15 is 0 Å². The van der Waals surface area contributed by atoms with E-state index in [9.17, 15) is 10.2 Å². The molecule has 4 radical (unpaired) electrons. The van der Waals surface area contributed by atoms with E-state index in [0.717, 1.165) is 0 Å². The Morgan fingerprint density at radius 2 is 2.15 bits per heavy atom. The number of aliphatic hydroxyl groups excluding tert-OH is 2. The molecule has 1 fully saturated rings. The molecule has 1 saturated heterocycles. The van der Waals surface area contributed by atoms with Crippen molar-refractivity contribution in [1.82, 2.24) is 0 Å². The minimum atomic E-state index is -0.888. The molecular weight excluding hydrogens is 168 g/mol. The lowest BCUT2D eigenvalue weighted by molar-refractivity contribution is -0.00981. The maximum atomic E-state index is 9.42. The van der Waals surface area contributed by atoms with Crippen LogP contribution in [-0.2, 0) is 9.39 Å². The van der Waals surface area contributed by atoms with Crippen LogP contribution in [0.4, 0.5) is 0 Å². The molecule has 7 heteroatoms. The zero-order chi connectivity index (χ0) is 9.84. The summed E-state index contributed by atoms with van der Waals surface area (Å²) in [4.78, 5) is 0. The largest absolute Gasteiger partial charge is 0.449 e. The molecule has 0 bridgehead atoms. The van der Waals surface area contributed by atoms with Crippen LogP contribution >= 0.6 is 0 Å². The first-order valence-electron chi connectivity index (χ1n) is 4.16. The molecule has 0 aromatic carbocycles. The van der Waals surface area contributed by atoms with Gasteiger partial charge in [-0.05, 0) is 6.92 Å². The fourth-order valence-electron chi connectivity index (χ4n) is 1.28. The lowest BCUT2D eigenvalue weighted by Gasteiger charge is -2.14. The highest BCUT2D eigenvalue weighted by Crippen LogP contribution is 2.20. The quantitative estimate of drug-likeness (QED) is 0.381. The summed E-state index contributed by atoms with van der Waals surface area (Å²) in [5.41, 5.74) is 0. The van der Waals surface area contributed by atoms with Gasteiger partial charge in [0.25, 0.3) is 0 Å². The standard InChI is InChI=1S/C6H11B3O4/c1-3-5(10)6(11)4(13-3)2-12-9-8-7/h3-6,10-11H,2H2,1H3/t3-,4+,5?,6-/m0/s1. The van der Waals surface area contributed by atoms with Crippen molar-refractivity contribution in [2.75, 3.05) is 6.61 Å². The predicted octanol–water partition coefficient (Wildman–Crippen LogP) is -2.17. The Labute approximate surface area is 80.5 Å². The van der Waals surface area contributed by atoms with E-state index in [2.05, 4.69) is 0 Å². The van der Waals surface area contributed by atoms with Crippen LogP contribution in [-0.4, -0.2) is 63.4 Å². The zero-order valence-electron chi connectivity index (χ0n) is 7.46. The first-order valence-corrected chi connectivity index (χ1v) is 4.16. The highest BCUT2D eigenvalue weighted by atomic mass is 16.6. The van der Waals surface area contributed by atoms with Crippen LogP contribution < -0.4 is 0 Å². The highest BCUT2D eigenvalue weighted by molar-refractivity contribution is 7.21. The van der Waals surface area contributed by atoms with Crippen molar-refractivity contribution in [1.29, 1.82) is 0 Å². The number of ether oxygens (including phenoxy) is 1. The summed E-state index contributed by atoms with van der Waals surface area (Å²) >= 11 is 0. The van der Waals surface area contributed by atoms with Gasteiger partial charge in [-0.1, -0.05) is 0 Å². The minimum Gasteiger partial charge on any atom is -0.449 e. The van der Waals surface area contributed by atoms with Gasteiger partial charge in [0.05, 0.1) is 19.8 Å². The van der Waals surface area contributed by atoms with Crippen LogP contribution in [0.2, 0.25) is 0 Å². The van der Waals surface area contributed by atoms with Gasteiger partial charge in [-0.25, -0.2) is 0 Å². The third-order valence-electron chi connectivity index (χ3n) is 2.04. The van der Waals surface area contributed by atoms with E-state index in [1.807, 2.05) is 0 Å². The Hall–Kier alpha value is 0.0348. The summed E-state index contributed by atoms with van der Waals surface area (Å²) in [6.45, 7) is 1.89. The predicted molar refractivity (Wildman–Crippen MR) is 49.6 cm³/mol. The van der Waals surface area contributed by atoms with Crippen molar-refractivity contribution in [2.24, 2.45) is 0 Å². The van der Waals surface area contributed by atoms with Crippen LogP contribution in [0, 0.1) is 0 Å². The summed E-state index contributed by atoms with van der Waals surface area (Å²) in [7, 11) is 7.61. The molecule has 4 nitrogen and oxygen atoms in total. The first kappa shape index (κ1) is 11.1. The fourth-order valence-corrected chi connectivity index (χ4v) is 1.28. The second-order valence-corrected chi connectivity index (χ2v) is 3.02. The van der Waals surface area contributed by atoms with Crippen molar-refractivity contribution >= 4 is 22.2 Å². The Morgan fingerprint density at radius 1 is 1.46 bits per heavy atom. The average molecular weight is 180 g/mol. The summed E-state index contributed by atoms with van der Waals surface area (Å²) in [6.07, 6.45) is -2.57. The van der Waals surface area contributed by atoms with Crippen molar-refractivity contribution in [3.8, 4) is 0 Å². The molecule has 1 rings (SSSR count). The van der Waals surface area contributed by atoms with Gasteiger partial charge in [-0.15, -0.1) is 0 Å². The summed E-state index contributed by atoms with van der Waals surface area (Å²) in [5.74, 6) is 0. The molecule has 4 atom stereocenters. The van der Waals surface area contributed by atoms with Crippen molar-refractivity contribution in [3.05, 3.63) is 0 Å². The maximum Gasteiger partial charge on any atom is 0.230 e. The molecule has 0 aliphatic carbocycles. The number of aliphatic hydroxyl groups is 2. The summed E-state index contributed by atoms with van der Waals surface area (Å²) in [6, 6.07) is 0. The lowest BCUT2D eigenvalue weighted by Crippen LogP contribution is -2.34. The Morgan fingerprint density at radius 3 is 2.62 bits per heavy atom. The molecule has 1 heterocycles. The molecule has 0 amide bonds. The normalized spacial score (nSPS) is 39.0. The topological polar surface area (TPSA) is 58.9 Å². The van der Waals surface area contributed by atoms with Gasteiger partial charge >= 0.3 is 0 Å². The number of hydrogen-bond acceptors (Lipinski definition) is 4. The lowest BCUT2D eigenvalue weighted by atomic mass is 9.35. The Balaban J connectivity index is 2.27. The van der Waals surface area contributed by atoms with Crippen LogP contribution in [0.25, 0.3) is 0 Å². The highest BCUT2D eigenvalue weighted by Gasteiger charge is 2.39. The van der Waals surface area contributed by atoms with E-state index in [1.165, 1.54) is 14.4 Å². The Kier molecular flexibility index (Phi) is 4.32. The monoisotopic (exact) mass is 180 g/mol. The summed E-state index contributed by atoms with van der Waals surface area (Å²) in [5, 5.41) is 18.7. The molecule has 2 N–H and O–H groups in total. The number of hydrogen-bond donors (Lipinski definition) is 2. The van der Waals surface area contributed by atoms with Gasteiger partial charge in [0.15, 0.2) is 0 Å². The maximum absolute atomic E-state index is 9.42. The third kappa shape index (κ3) is 2.74. The van der Waals surface area contributed by atoms with Gasteiger partial charge < -0.3 is 19.6 Å². The molecule has 1 aliphatic heterocycles. The molecule has 1 unspecified atom stereocenters. The molecule has 68 valence electrons. The first-order chi connectivity index (χ1) is 6.16. The van der Waals surface area contributed by atoms with E-state index in [1.54, 1.807) is 6.92 Å². The van der Waals surface area contributed by atoms with E-state index in [-0.39, 0.29) is 12.7 Å². The Bertz CT molecular complexity index is 159. The van der Waals surface area contributed by atoms with Crippen LogP contribution in [0.15, 0.2) is 0 Å². The van der Waals surface area contributed by atoms with Crippen molar-refractivity contribution in [3.63, 3.8) is 0 Å². The molecule has 0 spiro atoms. The van der Waals surface area contributed by atoms with Crippen LogP contribution in [0.5, 0.6) is 0 Å². The summed E-state index contributed by atoms with van der Waals surface area (Å²) < 4.78 is 10.2. The SMILES string of the molecule is [B][B][B]OC[C@H]1O[C@@H](C)C(O)[C@H]1O. The van der Waals surface area contributed by atoms with Crippen molar-refractivity contribution in [2.45, 2.75) is 31.3 Å². The smallest absolute Gasteiger partial charge is 0.230 e. The van der Waals surface area contributed by atoms with Crippen LogP contribution in [0.3, 0.4) is 0 Å². The second-order valence-electron chi connectivity index (χ2n) is 3.02. The van der Waals surface area contributed by atoms with E-state index < -0.39 is 18.3 Å².